The molecule has 1 spiro atoms. The number of benzene rings is 1. The predicted molar refractivity (Wildman–Crippen MR) is 108 cm³/mol. The number of ether oxygens (including phenoxy) is 1. The van der Waals surface area contributed by atoms with Crippen molar-refractivity contribution in [1.29, 1.82) is 0 Å². The molecule has 28 heavy (non-hydrogen) atoms. The lowest BCUT2D eigenvalue weighted by atomic mass is 9.64. The van der Waals surface area contributed by atoms with Gasteiger partial charge in [-0.05, 0) is 48.8 Å². The van der Waals surface area contributed by atoms with Crippen LogP contribution in [0.15, 0.2) is 18.2 Å². The molecule has 0 bridgehead atoms. The molecule has 1 heterocycles. The minimum atomic E-state index is -1.04. The summed E-state index contributed by atoms with van der Waals surface area (Å²) in [5, 5.41) is 14.0. The zero-order valence-corrected chi connectivity index (χ0v) is 17.8. The number of imide groups is 1. The van der Waals surface area contributed by atoms with Gasteiger partial charge in [-0.3, -0.25) is 9.69 Å². The molecule has 1 aromatic rings. The molecule has 0 radical (unpaired) electrons. The lowest BCUT2D eigenvalue weighted by Gasteiger charge is -2.43. The number of β-amino-alcohol motifs (C(OH)–C–C–N with tert-alkyl or cyclic N) is 1. The number of rotatable bonds is 5. The van der Waals surface area contributed by atoms with Crippen LogP contribution in [-0.2, 0) is 4.79 Å². The smallest absolute Gasteiger partial charge is 0.325 e. The Bertz CT molecular complexity index is 785. The topological polar surface area (TPSA) is 78.9 Å². The standard InChI is InChI=1S/C20H26Cl2N2O4/c1-12-7-19(2,3)11-20(8-12)17(26)24(18(27)23-20)9-14(25)10-28-16-5-4-13(21)6-15(16)22/h4-6,12,14,25H,7-11H2,1-3H3,(H,23,27). The molecule has 2 aliphatic rings. The van der Waals surface area contributed by atoms with E-state index < -0.39 is 17.7 Å². The molecule has 1 saturated carbocycles. The van der Waals surface area contributed by atoms with Gasteiger partial charge in [-0.2, -0.15) is 0 Å². The summed E-state index contributed by atoms with van der Waals surface area (Å²) in [7, 11) is 0. The number of halogens is 2. The van der Waals surface area contributed by atoms with E-state index in [1.165, 1.54) is 6.07 Å². The summed E-state index contributed by atoms with van der Waals surface area (Å²) in [4.78, 5) is 26.7. The first-order chi connectivity index (χ1) is 13.0. The van der Waals surface area contributed by atoms with E-state index >= 15 is 0 Å². The van der Waals surface area contributed by atoms with Gasteiger partial charge in [0.2, 0.25) is 0 Å². The summed E-state index contributed by atoms with van der Waals surface area (Å²) in [6.45, 7) is 6.10. The Hall–Kier alpha value is -1.50. The number of nitrogens with one attached hydrogen (secondary N) is 1. The van der Waals surface area contributed by atoms with Gasteiger partial charge in [0.25, 0.3) is 5.91 Å². The van der Waals surface area contributed by atoms with E-state index in [1.54, 1.807) is 12.1 Å². The van der Waals surface area contributed by atoms with Gasteiger partial charge in [0.1, 0.15) is 24.0 Å². The molecule has 3 unspecified atom stereocenters. The Morgan fingerprint density at radius 3 is 2.68 bits per heavy atom. The molecule has 8 heteroatoms. The number of nitrogens with zero attached hydrogens (tertiary/aromatic N) is 1. The normalized spacial score (nSPS) is 27.8. The molecule has 6 nitrogen and oxygen atoms in total. The number of aliphatic hydroxyl groups is 1. The average Bonchev–Trinajstić information content (AvgIpc) is 2.75. The number of carbonyl (C=O) groups excluding carboxylic acids is 2. The van der Waals surface area contributed by atoms with Gasteiger partial charge in [-0.1, -0.05) is 44.0 Å². The fourth-order valence-corrected chi connectivity index (χ4v) is 5.18. The van der Waals surface area contributed by atoms with Crippen molar-refractivity contribution in [2.24, 2.45) is 11.3 Å². The highest BCUT2D eigenvalue weighted by Crippen LogP contribution is 2.46. The minimum absolute atomic E-state index is 0.0380. The van der Waals surface area contributed by atoms with E-state index in [4.69, 9.17) is 27.9 Å². The van der Waals surface area contributed by atoms with Crippen LogP contribution in [0.4, 0.5) is 4.79 Å². The quantitative estimate of drug-likeness (QED) is 0.697. The first kappa shape index (κ1) is 21.2. The van der Waals surface area contributed by atoms with E-state index in [9.17, 15) is 14.7 Å². The minimum Gasteiger partial charge on any atom is -0.489 e. The average molecular weight is 429 g/mol. The van der Waals surface area contributed by atoms with Crippen molar-refractivity contribution in [3.8, 4) is 5.75 Å². The number of urea groups is 1. The van der Waals surface area contributed by atoms with E-state index in [1.807, 2.05) is 0 Å². The SMILES string of the molecule is CC1CC(C)(C)CC2(C1)NC(=O)N(CC(O)COc1ccc(Cl)cc1Cl)C2=O. The number of aliphatic hydroxyl groups excluding tert-OH is 1. The molecular formula is C20H26Cl2N2O4. The van der Waals surface area contributed by atoms with E-state index in [2.05, 4.69) is 26.1 Å². The molecule has 1 aliphatic heterocycles. The van der Waals surface area contributed by atoms with Gasteiger partial charge in [0.05, 0.1) is 11.6 Å². The fraction of sp³-hybridized carbons (Fsp3) is 0.600. The summed E-state index contributed by atoms with van der Waals surface area (Å²) in [5.41, 5.74) is -0.915. The molecule has 0 aromatic heterocycles. The molecule has 1 saturated heterocycles. The highest BCUT2D eigenvalue weighted by Gasteiger charge is 2.56. The van der Waals surface area contributed by atoms with Crippen molar-refractivity contribution in [2.75, 3.05) is 13.2 Å². The van der Waals surface area contributed by atoms with Crippen molar-refractivity contribution in [3.05, 3.63) is 28.2 Å². The zero-order chi connectivity index (χ0) is 20.7. The molecule has 3 amide bonds. The van der Waals surface area contributed by atoms with E-state index in [0.717, 1.165) is 11.3 Å². The molecule has 1 aromatic carbocycles. The number of amides is 3. The zero-order valence-electron chi connectivity index (χ0n) is 16.3. The number of hydrogen-bond donors (Lipinski definition) is 2. The van der Waals surface area contributed by atoms with Crippen molar-refractivity contribution in [2.45, 2.75) is 51.7 Å². The Morgan fingerprint density at radius 1 is 1.32 bits per heavy atom. The second kappa shape index (κ2) is 7.73. The maximum Gasteiger partial charge on any atom is 0.325 e. The first-order valence-electron chi connectivity index (χ1n) is 9.41. The maximum atomic E-state index is 13.1. The third-order valence-electron chi connectivity index (χ3n) is 5.34. The largest absolute Gasteiger partial charge is 0.489 e. The van der Waals surface area contributed by atoms with Crippen molar-refractivity contribution >= 4 is 35.1 Å². The molecular weight excluding hydrogens is 403 g/mol. The monoisotopic (exact) mass is 428 g/mol. The fourth-order valence-electron chi connectivity index (χ4n) is 4.71. The van der Waals surface area contributed by atoms with E-state index in [-0.39, 0.29) is 24.5 Å². The second-order valence-electron chi connectivity index (χ2n) is 8.82. The second-order valence-corrected chi connectivity index (χ2v) is 9.67. The van der Waals surface area contributed by atoms with Crippen LogP contribution in [0.3, 0.4) is 0 Å². The van der Waals surface area contributed by atoms with Gasteiger partial charge in [-0.15, -0.1) is 0 Å². The van der Waals surface area contributed by atoms with Gasteiger partial charge in [0, 0.05) is 5.02 Å². The summed E-state index contributed by atoms with van der Waals surface area (Å²) in [6, 6.07) is 4.31. The van der Waals surface area contributed by atoms with Crippen LogP contribution >= 0.6 is 23.2 Å². The van der Waals surface area contributed by atoms with Crippen LogP contribution in [-0.4, -0.2) is 46.7 Å². The number of carbonyl (C=O) groups is 2. The van der Waals surface area contributed by atoms with Crippen molar-refractivity contribution in [3.63, 3.8) is 0 Å². The van der Waals surface area contributed by atoms with Crippen LogP contribution in [0.2, 0.25) is 10.0 Å². The molecule has 1 aliphatic carbocycles. The van der Waals surface area contributed by atoms with Crippen LogP contribution in [0.25, 0.3) is 0 Å². The highest BCUT2D eigenvalue weighted by atomic mass is 35.5. The predicted octanol–water partition coefficient (Wildman–Crippen LogP) is 3.87. The molecule has 3 atom stereocenters. The summed E-state index contributed by atoms with van der Waals surface area (Å²) in [5.74, 6) is 0.440. The lowest BCUT2D eigenvalue weighted by Crippen LogP contribution is -2.54. The summed E-state index contributed by atoms with van der Waals surface area (Å²) < 4.78 is 5.51. The first-order valence-corrected chi connectivity index (χ1v) is 10.2. The Balaban J connectivity index is 1.64. The van der Waals surface area contributed by atoms with E-state index in [0.29, 0.717) is 34.6 Å². The Labute approximate surface area is 175 Å². The highest BCUT2D eigenvalue weighted by molar-refractivity contribution is 6.35. The third kappa shape index (κ3) is 4.39. The van der Waals surface area contributed by atoms with Crippen LogP contribution in [0.1, 0.15) is 40.0 Å². The van der Waals surface area contributed by atoms with Crippen LogP contribution < -0.4 is 10.1 Å². The Kier molecular flexibility index (Phi) is 5.86. The Morgan fingerprint density at radius 2 is 2.04 bits per heavy atom. The maximum absolute atomic E-state index is 13.1. The molecule has 2 fully saturated rings. The van der Waals surface area contributed by atoms with Crippen LogP contribution in [0, 0.1) is 11.3 Å². The molecule has 2 N–H and O–H groups in total. The summed E-state index contributed by atoms with van der Waals surface area (Å²) >= 11 is 11.9. The van der Waals surface area contributed by atoms with Gasteiger partial charge in [0.15, 0.2) is 0 Å². The van der Waals surface area contributed by atoms with Gasteiger partial charge >= 0.3 is 6.03 Å². The third-order valence-corrected chi connectivity index (χ3v) is 5.87. The van der Waals surface area contributed by atoms with Crippen molar-refractivity contribution in [1.82, 2.24) is 10.2 Å². The van der Waals surface area contributed by atoms with Gasteiger partial charge in [-0.25, -0.2) is 4.79 Å². The molecule has 154 valence electrons. The lowest BCUT2D eigenvalue weighted by molar-refractivity contribution is -0.135. The van der Waals surface area contributed by atoms with Gasteiger partial charge < -0.3 is 15.2 Å². The number of hydrogen-bond acceptors (Lipinski definition) is 4. The summed E-state index contributed by atoms with van der Waals surface area (Å²) in [6.07, 6.45) is 1.18. The van der Waals surface area contributed by atoms with Crippen LogP contribution in [0.5, 0.6) is 5.75 Å². The van der Waals surface area contributed by atoms with Crippen molar-refractivity contribution < 1.29 is 19.4 Å². The molecule has 3 rings (SSSR count).